The Labute approximate surface area is 112 Å². The summed E-state index contributed by atoms with van der Waals surface area (Å²) in [5.41, 5.74) is -1.47. The molecule has 0 aliphatic carbocycles. The molecular weight excluding hydrogens is 252 g/mol. The third kappa shape index (κ3) is 5.04. The number of aliphatic carboxylic acids is 1. The maximum Gasteiger partial charge on any atom is 0.317 e. The lowest BCUT2D eigenvalue weighted by atomic mass is 10.0. The summed E-state index contributed by atoms with van der Waals surface area (Å²) in [6.45, 7) is 3.98. The van der Waals surface area contributed by atoms with Gasteiger partial charge in [0, 0.05) is 25.6 Å². The SMILES string of the molecule is CC(O)C1CCN(C(=O)NCC(C)(O)CC(=O)O)C1. The van der Waals surface area contributed by atoms with Crippen LogP contribution in [0.1, 0.15) is 26.7 Å². The van der Waals surface area contributed by atoms with Gasteiger partial charge < -0.3 is 25.5 Å². The van der Waals surface area contributed by atoms with Gasteiger partial charge in [0.2, 0.25) is 0 Å². The van der Waals surface area contributed by atoms with Crippen molar-refractivity contribution in [3.63, 3.8) is 0 Å². The van der Waals surface area contributed by atoms with Gasteiger partial charge in [-0.25, -0.2) is 4.79 Å². The second kappa shape index (κ2) is 6.21. The van der Waals surface area contributed by atoms with E-state index < -0.39 is 24.1 Å². The fourth-order valence-electron chi connectivity index (χ4n) is 2.13. The van der Waals surface area contributed by atoms with Gasteiger partial charge in [-0.15, -0.1) is 0 Å². The molecule has 1 heterocycles. The molecule has 3 atom stereocenters. The number of carboxylic acids is 1. The predicted molar refractivity (Wildman–Crippen MR) is 67.6 cm³/mol. The van der Waals surface area contributed by atoms with Gasteiger partial charge in [-0.05, 0) is 20.3 Å². The van der Waals surface area contributed by atoms with Crippen molar-refractivity contribution in [3.05, 3.63) is 0 Å². The van der Waals surface area contributed by atoms with Gasteiger partial charge in [0.1, 0.15) is 0 Å². The zero-order chi connectivity index (χ0) is 14.6. The lowest BCUT2D eigenvalue weighted by Crippen LogP contribution is -2.47. The van der Waals surface area contributed by atoms with Crippen LogP contribution in [0.5, 0.6) is 0 Å². The van der Waals surface area contributed by atoms with E-state index in [0.717, 1.165) is 6.42 Å². The molecule has 0 aromatic rings. The van der Waals surface area contributed by atoms with E-state index in [-0.39, 0.29) is 18.5 Å². The molecule has 0 aromatic heterocycles. The molecule has 0 bridgehead atoms. The summed E-state index contributed by atoms with van der Waals surface area (Å²) in [5, 5.41) is 30.3. The molecule has 3 unspecified atom stereocenters. The second-order valence-electron chi connectivity index (χ2n) is 5.46. The van der Waals surface area contributed by atoms with Crippen molar-refractivity contribution < 1.29 is 24.9 Å². The standard InChI is InChI=1S/C12H22N2O5/c1-8(15)9-3-4-14(6-9)11(18)13-7-12(2,19)5-10(16)17/h8-9,15,19H,3-7H2,1-2H3,(H,13,18)(H,16,17). The largest absolute Gasteiger partial charge is 0.481 e. The number of nitrogens with one attached hydrogen (secondary N) is 1. The number of aliphatic hydroxyl groups excluding tert-OH is 1. The fourth-order valence-corrected chi connectivity index (χ4v) is 2.13. The molecule has 0 aromatic carbocycles. The van der Waals surface area contributed by atoms with Gasteiger partial charge in [0.25, 0.3) is 0 Å². The Hall–Kier alpha value is -1.34. The monoisotopic (exact) mass is 274 g/mol. The molecule has 1 fully saturated rings. The van der Waals surface area contributed by atoms with Crippen molar-refractivity contribution in [3.8, 4) is 0 Å². The molecule has 1 saturated heterocycles. The molecule has 4 N–H and O–H groups in total. The molecule has 110 valence electrons. The van der Waals surface area contributed by atoms with Crippen LogP contribution in [0.4, 0.5) is 4.79 Å². The van der Waals surface area contributed by atoms with E-state index in [1.807, 2.05) is 0 Å². The van der Waals surface area contributed by atoms with Gasteiger partial charge >= 0.3 is 12.0 Å². The molecule has 1 aliphatic rings. The lowest BCUT2D eigenvalue weighted by molar-refractivity contribution is -0.141. The number of carbonyl (C=O) groups excluding carboxylic acids is 1. The Morgan fingerprint density at radius 3 is 2.63 bits per heavy atom. The van der Waals surface area contributed by atoms with Crippen LogP contribution in [0, 0.1) is 5.92 Å². The highest BCUT2D eigenvalue weighted by Crippen LogP contribution is 2.19. The number of amides is 2. The number of hydrogen-bond acceptors (Lipinski definition) is 4. The maximum absolute atomic E-state index is 11.8. The number of urea groups is 1. The van der Waals surface area contributed by atoms with Crippen LogP contribution in [-0.2, 0) is 4.79 Å². The van der Waals surface area contributed by atoms with E-state index in [4.69, 9.17) is 5.11 Å². The number of rotatable bonds is 5. The van der Waals surface area contributed by atoms with E-state index in [9.17, 15) is 19.8 Å². The maximum atomic E-state index is 11.8. The molecular formula is C12H22N2O5. The van der Waals surface area contributed by atoms with Gasteiger partial charge in [-0.1, -0.05) is 0 Å². The van der Waals surface area contributed by atoms with Crippen molar-refractivity contribution in [2.75, 3.05) is 19.6 Å². The van der Waals surface area contributed by atoms with E-state index in [0.29, 0.717) is 13.1 Å². The summed E-state index contributed by atoms with van der Waals surface area (Å²) in [6.07, 6.45) is -0.131. The van der Waals surface area contributed by atoms with Crippen LogP contribution in [0.25, 0.3) is 0 Å². The van der Waals surface area contributed by atoms with Crippen molar-refractivity contribution in [1.29, 1.82) is 0 Å². The molecule has 0 saturated carbocycles. The van der Waals surface area contributed by atoms with Crippen molar-refractivity contribution >= 4 is 12.0 Å². The normalized spacial score (nSPS) is 23.8. The second-order valence-corrected chi connectivity index (χ2v) is 5.46. The average Bonchev–Trinajstić information content (AvgIpc) is 2.73. The minimum absolute atomic E-state index is 0.0743. The molecule has 7 heteroatoms. The number of hydrogen-bond donors (Lipinski definition) is 4. The number of likely N-dealkylation sites (tertiary alicyclic amines) is 1. The summed E-state index contributed by atoms with van der Waals surface area (Å²) in [7, 11) is 0. The lowest BCUT2D eigenvalue weighted by Gasteiger charge is -2.24. The Kier molecular flexibility index (Phi) is 5.13. The first-order valence-electron chi connectivity index (χ1n) is 6.36. The van der Waals surface area contributed by atoms with Crippen molar-refractivity contribution in [2.24, 2.45) is 5.92 Å². The quantitative estimate of drug-likeness (QED) is 0.546. The highest BCUT2D eigenvalue weighted by atomic mass is 16.4. The summed E-state index contributed by atoms with van der Waals surface area (Å²) in [5.74, 6) is -1.04. The van der Waals surface area contributed by atoms with Gasteiger partial charge in [0.05, 0.1) is 18.1 Å². The number of carboxylic acid groups (broad SMARTS) is 1. The molecule has 1 aliphatic heterocycles. The van der Waals surface area contributed by atoms with E-state index in [1.165, 1.54) is 6.92 Å². The third-order valence-electron chi connectivity index (χ3n) is 3.35. The first kappa shape index (κ1) is 15.7. The van der Waals surface area contributed by atoms with E-state index >= 15 is 0 Å². The minimum atomic E-state index is -1.47. The summed E-state index contributed by atoms with van der Waals surface area (Å²) < 4.78 is 0. The van der Waals surface area contributed by atoms with Gasteiger partial charge in [0.15, 0.2) is 0 Å². The molecule has 7 nitrogen and oxygen atoms in total. The van der Waals surface area contributed by atoms with Crippen LogP contribution in [0.15, 0.2) is 0 Å². The Morgan fingerprint density at radius 1 is 1.53 bits per heavy atom. The van der Waals surface area contributed by atoms with Crippen LogP contribution in [0.2, 0.25) is 0 Å². The zero-order valence-corrected chi connectivity index (χ0v) is 11.3. The Bertz CT molecular complexity index is 343. The topological polar surface area (TPSA) is 110 Å². The number of nitrogens with zero attached hydrogens (tertiary/aromatic N) is 1. The fraction of sp³-hybridized carbons (Fsp3) is 0.833. The molecule has 0 radical (unpaired) electrons. The summed E-state index contributed by atoms with van der Waals surface area (Å²) in [4.78, 5) is 23.9. The summed E-state index contributed by atoms with van der Waals surface area (Å²) in [6, 6.07) is -0.339. The molecule has 1 rings (SSSR count). The highest BCUT2D eigenvalue weighted by molar-refractivity contribution is 5.75. The molecule has 2 amide bonds. The zero-order valence-electron chi connectivity index (χ0n) is 11.3. The van der Waals surface area contributed by atoms with Gasteiger partial charge in [-0.2, -0.15) is 0 Å². The van der Waals surface area contributed by atoms with Gasteiger partial charge in [-0.3, -0.25) is 4.79 Å². The number of aliphatic hydroxyl groups is 2. The van der Waals surface area contributed by atoms with E-state index in [2.05, 4.69) is 5.32 Å². The minimum Gasteiger partial charge on any atom is -0.481 e. The van der Waals surface area contributed by atoms with Crippen LogP contribution in [-0.4, -0.2) is 63.6 Å². The average molecular weight is 274 g/mol. The molecule has 19 heavy (non-hydrogen) atoms. The summed E-state index contributed by atoms with van der Waals surface area (Å²) >= 11 is 0. The van der Waals surface area contributed by atoms with E-state index in [1.54, 1.807) is 11.8 Å². The highest BCUT2D eigenvalue weighted by Gasteiger charge is 2.30. The van der Waals surface area contributed by atoms with Crippen molar-refractivity contribution in [2.45, 2.75) is 38.4 Å². The smallest absolute Gasteiger partial charge is 0.317 e. The number of carbonyl (C=O) groups is 2. The third-order valence-corrected chi connectivity index (χ3v) is 3.35. The van der Waals surface area contributed by atoms with Crippen LogP contribution >= 0.6 is 0 Å². The first-order valence-corrected chi connectivity index (χ1v) is 6.36. The van der Waals surface area contributed by atoms with Crippen LogP contribution < -0.4 is 5.32 Å². The predicted octanol–water partition coefficient (Wildman–Crippen LogP) is -0.376. The Balaban J connectivity index is 2.38. The van der Waals surface area contributed by atoms with Crippen LogP contribution in [0.3, 0.4) is 0 Å². The molecule has 0 spiro atoms. The first-order chi connectivity index (χ1) is 8.71. The van der Waals surface area contributed by atoms with Crippen molar-refractivity contribution in [1.82, 2.24) is 10.2 Å². The Morgan fingerprint density at radius 2 is 2.16 bits per heavy atom.